The number of hydrogen-bond acceptors (Lipinski definition) is 3. The molecular weight excluding hydrogens is 158 g/mol. The van der Waals surface area contributed by atoms with Gasteiger partial charge in [0, 0.05) is 0 Å². The van der Waals surface area contributed by atoms with E-state index in [9.17, 15) is 9.59 Å². The molecule has 0 bridgehead atoms. The second-order valence-electron chi connectivity index (χ2n) is 3.01. The van der Waals surface area contributed by atoms with E-state index in [2.05, 4.69) is 0 Å². The van der Waals surface area contributed by atoms with Crippen molar-refractivity contribution in [1.82, 2.24) is 4.90 Å². The van der Waals surface area contributed by atoms with Crippen LogP contribution in [0.25, 0.3) is 0 Å². The number of carboxylic acid groups (broad SMARTS) is 1. The molecule has 1 aliphatic rings. The molecular formula is C8H13NO3. The Hall–Kier alpha value is -0.900. The van der Waals surface area contributed by atoms with Crippen LogP contribution in [0.5, 0.6) is 0 Å². The van der Waals surface area contributed by atoms with E-state index in [1.165, 1.54) is 0 Å². The van der Waals surface area contributed by atoms with E-state index in [4.69, 9.17) is 5.11 Å². The van der Waals surface area contributed by atoms with Gasteiger partial charge >= 0.3 is 5.97 Å². The number of piperidine rings is 1. The Morgan fingerprint density at radius 2 is 2.42 bits per heavy atom. The normalized spacial score (nSPS) is 25.8. The van der Waals surface area contributed by atoms with Crippen LogP contribution >= 0.6 is 0 Å². The molecule has 0 aliphatic carbocycles. The Morgan fingerprint density at radius 3 is 2.83 bits per heavy atom. The molecule has 1 rings (SSSR count). The van der Waals surface area contributed by atoms with Gasteiger partial charge in [0.25, 0.3) is 0 Å². The molecule has 0 spiro atoms. The molecule has 1 N–H and O–H groups in total. The second kappa shape index (κ2) is 3.67. The minimum atomic E-state index is -0.976. The zero-order valence-electron chi connectivity index (χ0n) is 7.12. The number of nitrogens with zero attached hydrogens (tertiary/aromatic N) is 1. The first-order chi connectivity index (χ1) is 5.65. The monoisotopic (exact) mass is 171 g/mol. The predicted molar refractivity (Wildman–Crippen MR) is 42.9 cm³/mol. The van der Waals surface area contributed by atoms with Gasteiger partial charge in [-0.15, -0.1) is 0 Å². The standard InChI is InChI=1S/C8H13NO3/c1-2-9-4-3-6(8(11)12)7(10)5-9/h6H,2-5H2,1H3,(H,11,12). The highest BCUT2D eigenvalue weighted by Crippen LogP contribution is 2.13. The van der Waals surface area contributed by atoms with E-state index in [0.29, 0.717) is 13.0 Å². The number of likely N-dealkylation sites (tertiary alicyclic amines) is 1. The highest BCUT2D eigenvalue weighted by atomic mass is 16.4. The number of carboxylic acids is 1. The summed E-state index contributed by atoms with van der Waals surface area (Å²) in [6.45, 7) is 3.80. The number of Topliss-reactive ketones (excluding diaryl/α,β-unsaturated/α-hetero) is 1. The molecule has 0 aromatic heterocycles. The van der Waals surface area contributed by atoms with E-state index in [0.717, 1.165) is 13.1 Å². The fourth-order valence-corrected chi connectivity index (χ4v) is 1.41. The maximum atomic E-state index is 11.2. The minimum absolute atomic E-state index is 0.157. The Bertz CT molecular complexity index is 202. The van der Waals surface area contributed by atoms with E-state index in [1.54, 1.807) is 0 Å². The zero-order chi connectivity index (χ0) is 9.14. The third-order valence-corrected chi connectivity index (χ3v) is 2.25. The fraction of sp³-hybridized carbons (Fsp3) is 0.750. The maximum absolute atomic E-state index is 11.2. The summed E-state index contributed by atoms with van der Waals surface area (Å²) in [4.78, 5) is 23.7. The van der Waals surface area contributed by atoms with Gasteiger partial charge in [0.1, 0.15) is 5.92 Å². The van der Waals surface area contributed by atoms with Crippen LogP contribution in [0.3, 0.4) is 0 Å². The minimum Gasteiger partial charge on any atom is -0.481 e. The summed E-state index contributed by atoms with van der Waals surface area (Å²) in [7, 11) is 0. The van der Waals surface area contributed by atoms with Gasteiger partial charge in [-0.05, 0) is 19.5 Å². The third kappa shape index (κ3) is 1.82. The molecule has 0 aromatic carbocycles. The van der Waals surface area contributed by atoms with Crippen LogP contribution in [-0.2, 0) is 9.59 Å². The number of likely N-dealkylation sites (N-methyl/N-ethyl adjacent to an activating group) is 1. The highest BCUT2D eigenvalue weighted by molar-refractivity contribution is 5.99. The summed E-state index contributed by atoms with van der Waals surface area (Å²) in [5, 5.41) is 8.63. The van der Waals surface area contributed by atoms with Gasteiger partial charge in [-0.2, -0.15) is 0 Å². The lowest BCUT2D eigenvalue weighted by molar-refractivity contribution is -0.148. The van der Waals surface area contributed by atoms with Gasteiger partial charge < -0.3 is 5.11 Å². The predicted octanol–water partition coefficient (Wildman–Crippen LogP) is -0.0181. The van der Waals surface area contributed by atoms with Crippen molar-refractivity contribution < 1.29 is 14.7 Å². The van der Waals surface area contributed by atoms with Crippen LogP contribution < -0.4 is 0 Å². The Balaban J connectivity index is 2.54. The number of rotatable bonds is 2. The third-order valence-electron chi connectivity index (χ3n) is 2.25. The molecule has 0 aromatic rings. The van der Waals surface area contributed by atoms with E-state index < -0.39 is 11.9 Å². The quantitative estimate of drug-likeness (QED) is 0.593. The lowest BCUT2D eigenvalue weighted by Crippen LogP contribution is -2.43. The van der Waals surface area contributed by atoms with Crippen LogP contribution in [0.4, 0.5) is 0 Å². The van der Waals surface area contributed by atoms with Crippen molar-refractivity contribution in [2.75, 3.05) is 19.6 Å². The van der Waals surface area contributed by atoms with Crippen molar-refractivity contribution in [2.24, 2.45) is 5.92 Å². The Morgan fingerprint density at radius 1 is 1.75 bits per heavy atom. The van der Waals surface area contributed by atoms with Crippen molar-refractivity contribution in [1.29, 1.82) is 0 Å². The molecule has 0 saturated carbocycles. The Labute approximate surface area is 71.2 Å². The largest absolute Gasteiger partial charge is 0.481 e. The smallest absolute Gasteiger partial charge is 0.314 e. The topological polar surface area (TPSA) is 57.6 Å². The van der Waals surface area contributed by atoms with Gasteiger partial charge in [-0.3, -0.25) is 14.5 Å². The lowest BCUT2D eigenvalue weighted by Gasteiger charge is -2.27. The average Bonchev–Trinajstić information content (AvgIpc) is 2.03. The van der Waals surface area contributed by atoms with E-state index in [1.807, 2.05) is 11.8 Å². The summed E-state index contributed by atoms with van der Waals surface area (Å²) in [5.41, 5.74) is 0. The first-order valence-electron chi connectivity index (χ1n) is 4.13. The molecule has 1 fully saturated rings. The number of hydrogen-bond donors (Lipinski definition) is 1. The number of carbonyl (C=O) groups excluding carboxylic acids is 1. The zero-order valence-corrected chi connectivity index (χ0v) is 7.12. The highest BCUT2D eigenvalue weighted by Gasteiger charge is 2.31. The van der Waals surface area contributed by atoms with Gasteiger partial charge in [0.15, 0.2) is 5.78 Å². The van der Waals surface area contributed by atoms with E-state index in [-0.39, 0.29) is 5.78 Å². The molecule has 0 amide bonds. The second-order valence-corrected chi connectivity index (χ2v) is 3.01. The molecule has 68 valence electrons. The van der Waals surface area contributed by atoms with Gasteiger partial charge in [0.2, 0.25) is 0 Å². The van der Waals surface area contributed by atoms with Crippen molar-refractivity contribution in [3.05, 3.63) is 0 Å². The number of carbonyl (C=O) groups is 2. The first-order valence-corrected chi connectivity index (χ1v) is 4.13. The summed E-state index contributed by atoms with van der Waals surface area (Å²) in [6, 6.07) is 0. The van der Waals surface area contributed by atoms with Crippen LogP contribution in [0.1, 0.15) is 13.3 Å². The summed E-state index contributed by atoms with van der Waals surface area (Å²) < 4.78 is 0. The molecule has 1 atom stereocenters. The lowest BCUT2D eigenvalue weighted by atomic mass is 9.96. The molecule has 12 heavy (non-hydrogen) atoms. The van der Waals surface area contributed by atoms with Crippen LogP contribution in [0.15, 0.2) is 0 Å². The van der Waals surface area contributed by atoms with Crippen molar-refractivity contribution in [2.45, 2.75) is 13.3 Å². The molecule has 1 saturated heterocycles. The average molecular weight is 171 g/mol. The molecule has 4 nitrogen and oxygen atoms in total. The molecule has 4 heteroatoms. The number of ketones is 1. The SMILES string of the molecule is CCN1CCC(C(=O)O)C(=O)C1. The number of aliphatic carboxylic acids is 1. The van der Waals surface area contributed by atoms with E-state index >= 15 is 0 Å². The molecule has 1 heterocycles. The van der Waals surface area contributed by atoms with Gasteiger partial charge in [-0.1, -0.05) is 6.92 Å². The summed E-state index contributed by atoms with van der Waals surface area (Å²) >= 11 is 0. The molecule has 1 unspecified atom stereocenters. The van der Waals surface area contributed by atoms with Crippen LogP contribution in [-0.4, -0.2) is 41.4 Å². The first kappa shape index (κ1) is 9.19. The van der Waals surface area contributed by atoms with Gasteiger partial charge in [0.05, 0.1) is 6.54 Å². The van der Waals surface area contributed by atoms with Crippen molar-refractivity contribution >= 4 is 11.8 Å². The molecule has 0 radical (unpaired) electrons. The van der Waals surface area contributed by atoms with Crippen molar-refractivity contribution in [3.8, 4) is 0 Å². The summed E-state index contributed by atoms with van der Waals surface area (Å²) in [6.07, 6.45) is 0.460. The van der Waals surface area contributed by atoms with Crippen LogP contribution in [0.2, 0.25) is 0 Å². The maximum Gasteiger partial charge on any atom is 0.314 e. The Kier molecular flexibility index (Phi) is 2.81. The summed E-state index contributed by atoms with van der Waals surface area (Å²) in [5.74, 6) is -1.89. The molecule has 1 aliphatic heterocycles. The fourth-order valence-electron chi connectivity index (χ4n) is 1.41. The van der Waals surface area contributed by atoms with Gasteiger partial charge in [-0.25, -0.2) is 0 Å². The van der Waals surface area contributed by atoms with Crippen LogP contribution in [0, 0.1) is 5.92 Å². The van der Waals surface area contributed by atoms with Crippen molar-refractivity contribution in [3.63, 3.8) is 0 Å².